The Morgan fingerprint density at radius 3 is 2.81 bits per heavy atom. The molecule has 3 heteroatoms. The number of hydrogen-bond donors (Lipinski definition) is 1. The van der Waals surface area contributed by atoms with Crippen molar-refractivity contribution in [3.05, 3.63) is 35.4 Å². The van der Waals surface area contributed by atoms with Crippen LogP contribution >= 0.6 is 0 Å². The second-order valence-corrected chi connectivity index (χ2v) is 3.21. The first kappa shape index (κ1) is 12.7. The molecule has 0 heterocycles. The third-order valence-electron chi connectivity index (χ3n) is 2.03. The van der Waals surface area contributed by atoms with Gasteiger partial charge in [-0.15, -0.1) is 0 Å². The molecule has 2 N–H and O–H groups in total. The summed E-state index contributed by atoms with van der Waals surface area (Å²) in [5.74, 6) is 5.87. The number of rotatable bonds is 5. The van der Waals surface area contributed by atoms with E-state index >= 15 is 0 Å². The monoisotopic (exact) mass is 219 g/mol. The molecule has 0 radical (unpaired) electrons. The van der Waals surface area contributed by atoms with Gasteiger partial charge < -0.3 is 15.2 Å². The highest BCUT2D eigenvalue weighted by Gasteiger charge is 1.98. The number of hydrogen-bond acceptors (Lipinski definition) is 3. The van der Waals surface area contributed by atoms with Gasteiger partial charge in [0.1, 0.15) is 0 Å². The van der Waals surface area contributed by atoms with Gasteiger partial charge in [0.2, 0.25) is 0 Å². The molecule has 0 bridgehead atoms. The first-order valence-corrected chi connectivity index (χ1v) is 5.22. The molecule has 86 valence electrons. The van der Waals surface area contributed by atoms with Crippen LogP contribution in [0.2, 0.25) is 0 Å². The Bertz CT molecular complexity index is 366. The Labute approximate surface area is 96.6 Å². The van der Waals surface area contributed by atoms with E-state index in [2.05, 4.69) is 11.8 Å². The minimum absolute atomic E-state index is 0.374. The van der Waals surface area contributed by atoms with Crippen molar-refractivity contribution in [1.82, 2.24) is 0 Å². The van der Waals surface area contributed by atoms with Crippen LogP contribution in [0.15, 0.2) is 24.3 Å². The van der Waals surface area contributed by atoms with Crippen LogP contribution in [0.1, 0.15) is 11.1 Å². The third kappa shape index (κ3) is 4.45. The predicted octanol–water partition coefficient (Wildman–Crippen LogP) is 1.16. The van der Waals surface area contributed by atoms with Gasteiger partial charge in [0, 0.05) is 12.7 Å². The van der Waals surface area contributed by atoms with Crippen LogP contribution in [0, 0.1) is 11.8 Å². The topological polar surface area (TPSA) is 44.5 Å². The van der Waals surface area contributed by atoms with Gasteiger partial charge in [-0.25, -0.2) is 0 Å². The van der Waals surface area contributed by atoms with Crippen LogP contribution in [-0.4, -0.2) is 26.9 Å². The van der Waals surface area contributed by atoms with Gasteiger partial charge in [0.25, 0.3) is 0 Å². The molecule has 0 aliphatic heterocycles. The lowest BCUT2D eigenvalue weighted by Gasteiger charge is -2.05. The summed E-state index contributed by atoms with van der Waals surface area (Å²) >= 11 is 0. The van der Waals surface area contributed by atoms with Crippen LogP contribution in [-0.2, 0) is 16.1 Å². The van der Waals surface area contributed by atoms with Crippen molar-refractivity contribution < 1.29 is 9.47 Å². The van der Waals surface area contributed by atoms with E-state index in [0.717, 1.165) is 11.1 Å². The molecule has 0 unspecified atom stereocenters. The molecule has 1 aromatic rings. The first-order chi connectivity index (χ1) is 7.88. The van der Waals surface area contributed by atoms with Gasteiger partial charge in [0.05, 0.1) is 26.4 Å². The number of methoxy groups -OCH3 is 1. The maximum atomic E-state index is 5.46. The fraction of sp³-hybridized carbons (Fsp3) is 0.385. The van der Waals surface area contributed by atoms with Crippen molar-refractivity contribution in [1.29, 1.82) is 0 Å². The van der Waals surface area contributed by atoms with E-state index in [1.54, 1.807) is 7.11 Å². The van der Waals surface area contributed by atoms with Crippen LogP contribution in [0.5, 0.6) is 0 Å². The quantitative estimate of drug-likeness (QED) is 0.597. The Morgan fingerprint density at radius 1 is 1.25 bits per heavy atom. The van der Waals surface area contributed by atoms with Gasteiger partial charge >= 0.3 is 0 Å². The lowest BCUT2D eigenvalue weighted by molar-refractivity contribution is 0.0616. The highest BCUT2D eigenvalue weighted by molar-refractivity contribution is 5.41. The zero-order chi connectivity index (χ0) is 11.6. The van der Waals surface area contributed by atoms with Gasteiger partial charge in [-0.3, -0.25) is 0 Å². The average Bonchev–Trinajstić information content (AvgIpc) is 2.33. The van der Waals surface area contributed by atoms with E-state index in [4.69, 9.17) is 15.2 Å². The Balaban J connectivity index is 2.57. The Hall–Kier alpha value is -1.34. The Morgan fingerprint density at radius 2 is 2.06 bits per heavy atom. The number of nitrogens with two attached hydrogens (primary N) is 1. The van der Waals surface area contributed by atoms with Gasteiger partial charge in [-0.1, -0.05) is 30.0 Å². The molecular formula is C13H17NO2. The third-order valence-corrected chi connectivity index (χ3v) is 2.03. The molecule has 0 amide bonds. The van der Waals surface area contributed by atoms with Crippen molar-refractivity contribution in [3.8, 4) is 11.8 Å². The van der Waals surface area contributed by atoms with Crippen molar-refractivity contribution in [2.75, 3.05) is 26.9 Å². The summed E-state index contributed by atoms with van der Waals surface area (Å²) in [5.41, 5.74) is 7.40. The van der Waals surface area contributed by atoms with Crippen LogP contribution in [0.4, 0.5) is 0 Å². The summed E-state index contributed by atoms with van der Waals surface area (Å²) < 4.78 is 10.4. The molecule has 1 aromatic carbocycles. The van der Waals surface area contributed by atoms with Crippen LogP contribution in [0.25, 0.3) is 0 Å². The molecule has 0 aliphatic carbocycles. The smallest absolute Gasteiger partial charge is 0.0730 e. The summed E-state index contributed by atoms with van der Waals surface area (Å²) in [5, 5.41) is 0. The van der Waals surface area contributed by atoms with Gasteiger partial charge in [0.15, 0.2) is 0 Å². The summed E-state index contributed by atoms with van der Waals surface area (Å²) in [7, 11) is 1.66. The van der Waals surface area contributed by atoms with Gasteiger partial charge in [-0.05, 0) is 11.6 Å². The fourth-order valence-electron chi connectivity index (χ4n) is 1.24. The average molecular weight is 219 g/mol. The number of ether oxygens (including phenoxy) is 2. The molecule has 0 saturated heterocycles. The molecular weight excluding hydrogens is 202 g/mol. The van der Waals surface area contributed by atoms with Crippen molar-refractivity contribution in [3.63, 3.8) is 0 Å². The lowest BCUT2D eigenvalue weighted by atomic mass is 10.1. The van der Waals surface area contributed by atoms with E-state index in [0.29, 0.717) is 26.4 Å². The molecule has 0 fully saturated rings. The molecule has 0 aliphatic rings. The second-order valence-electron chi connectivity index (χ2n) is 3.21. The SMILES string of the molecule is COCCOCc1ccccc1C#CCN. The maximum absolute atomic E-state index is 5.46. The molecule has 0 saturated carbocycles. The largest absolute Gasteiger partial charge is 0.382 e. The summed E-state index contributed by atoms with van der Waals surface area (Å²) in [6.07, 6.45) is 0. The van der Waals surface area contributed by atoms with Crippen molar-refractivity contribution >= 4 is 0 Å². The summed E-state index contributed by atoms with van der Waals surface area (Å²) in [4.78, 5) is 0. The predicted molar refractivity (Wildman–Crippen MR) is 63.9 cm³/mol. The molecule has 3 nitrogen and oxygen atoms in total. The highest BCUT2D eigenvalue weighted by Crippen LogP contribution is 2.08. The zero-order valence-corrected chi connectivity index (χ0v) is 9.53. The second kappa shape index (κ2) is 7.89. The van der Waals surface area contributed by atoms with E-state index in [-0.39, 0.29) is 0 Å². The van der Waals surface area contributed by atoms with Crippen LogP contribution in [0.3, 0.4) is 0 Å². The fourth-order valence-corrected chi connectivity index (χ4v) is 1.24. The minimum Gasteiger partial charge on any atom is -0.382 e. The van der Waals surface area contributed by atoms with Gasteiger partial charge in [-0.2, -0.15) is 0 Å². The molecule has 0 atom stereocenters. The maximum Gasteiger partial charge on any atom is 0.0730 e. The van der Waals surface area contributed by atoms with E-state index in [9.17, 15) is 0 Å². The molecule has 0 aromatic heterocycles. The van der Waals surface area contributed by atoms with Crippen molar-refractivity contribution in [2.24, 2.45) is 5.73 Å². The zero-order valence-electron chi connectivity index (χ0n) is 9.53. The summed E-state index contributed by atoms with van der Waals surface area (Å²) in [6, 6.07) is 7.91. The highest BCUT2D eigenvalue weighted by atomic mass is 16.5. The minimum atomic E-state index is 0.374. The molecule has 0 spiro atoms. The molecule has 16 heavy (non-hydrogen) atoms. The number of benzene rings is 1. The van der Waals surface area contributed by atoms with E-state index in [1.807, 2.05) is 24.3 Å². The Kier molecular flexibility index (Phi) is 6.28. The molecule has 1 rings (SSSR count). The van der Waals surface area contributed by atoms with E-state index < -0.39 is 0 Å². The van der Waals surface area contributed by atoms with Crippen LogP contribution < -0.4 is 5.73 Å². The first-order valence-electron chi connectivity index (χ1n) is 5.22. The summed E-state index contributed by atoms with van der Waals surface area (Å²) in [6.45, 7) is 2.13. The standard InChI is InChI=1S/C13H17NO2/c1-15-9-10-16-11-13-6-3-2-5-12(13)7-4-8-14/h2-3,5-6H,8-11,14H2,1H3. The normalized spacial score (nSPS) is 9.62. The van der Waals surface area contributed by atoms with E-state index in [1.165, 1.54) is 0 Å². The van der Waals surface area contributed by atoms with Crippen molar-refractivity contribution in [2.45, 2.75) is 6.61 Å². The lowest BCUT2D eigenvalue weighted by Crippen LogP contribution is -2.03.